The van der Waals surface area contributed by atoms with Crippen molar-refractivity contribution in [3.8, 4) is 0 Å². The molecule has 0 saturated carbocycles. The monoisotopic (exact) mass is 229 g/mol. The average Bonchev–Trinajstić information content (AvgIpc) is 2.25. The second-order valence-corrected chi connectivity index (χ2v) is 3.94. The summed E-state index contributed by atoms with van der Waals surface area (Å²) in [4.78, 5) is 10.4. The van der Waals surface area contributed by atoms with Crippen molar-refractivity contribution in [3.05, 3.63) is 0 Å². The van der Waals surface area contributed by atoms with Crippen LogP contribution in [0.15, 0.2) is 0 Å². The number of hydrogen-bond donors (Lipinski definition) is 4. The Morgan fingerprint density at radius 3 is 2.44 bits per heavy atom. The molecule has 1 atom stereocenters. The summed E-state index contributed by atoms with van der Waals surface area (Å²) in [5.74, 6) is -0.128. The number of carboxylic acids is 1. The van der Waals surface area contributed by atoms with Crippen molar-refractivity contribution in [2.75, 3.05) is 6.54 Å². The van der Waals surface area contributed by atoms with Crippen LogP contribution in [-0.2, 0) is 4.79 Å². The first kappa shape index (κ1) is 14.9. The molecule has 1 unspecified atom stereocenters. The van der Waals surface area contributed by atoms with Gasteiger partial charge >= 0.3 is 5.97 Å². The van der Waals surface area contributed by atoms with Gasteiger partial charge in [-0.1, -0.05) is 13.8 Å². The van der Waals surface area contributed by atoms with E-state index in [0.717, 1.165) is 12.8 Å². The Bertz CT molecular complexity index is 227. The molecule has 0 aliphatic carbocycles. The van der Waals surface area contributed by atoms with Crippen molar-refractivity contribution in [1.82, 2.24) is 5.32 Å². The number of rotatable bonds is 8. The quantitative estimate of drug-likeness (QED) is 0.285. The second-order valence-electron chi connectivity index (χ2n) is 3.94. The van der Waals surface area contributed by atoms with Gasteiger partial charge in [0, 0.05) is 12.5 Å². The lowest BCUT2D eigenvalue weighted by atomic mass is 10.0. The molecule has 0 fully saturated rings. The van der Waals surface area contributed by atoms with Gasteiger partial charge in [-0.05, 0) is 25.7 Å². The lowest BCUT2D eigenvalue weighted by Gasteiger charge is -2.16. The van der Waals surface area contributed by atoms with Gasteiger partial charge < -0.3 is 16.2 Å². The Balaban J connectivity index is 3.66. The molecule has 0 rings (SSSR count). The number of aliphatic carboxylic acids is 1. The van der Waals surface area contributed by atoms with Gasteiger partial charge in [-0.15, -0.1) is 0 Å². The first-order valence-electron chi connectivity index (χ1n) is 5.83. The van der Waals surface area contributed by atoms with Crippen LogP contribution >= 0.6 is 0 Å². The number of carboxylic acid groups (broad SMARTS) is 1. The highest BCUT2D eigenvalue weighted by atomic mass is 16.4. The number of carbonyl (C=O) groups is 1. The fourth-order valence-electron chi connectivity index (χ4n) is 1.51. The van der Waals surface area contributed by atoms with E-state index in [0.29, 0.717) is 25.2 Å². The first-order valence-corrected chi connectivity index (χ1v) is 5.83. The van der Waals surface area contributed by atoms with E-state index in [2.05, 4.69) is 19.2 Å². The zero-order valence-corrected chi connectivity index (χ0v) is 10.1. The molecule has 0 aromatic rings. The fourth-order valence-corrected chi connectivity index (χ4v) is 1.51. The standard InChI is InChI=1S/C11H23N3O2/c1-3-8(4-2)10(13)14-7-5-6-9(12)11(15)16/h8-9H,3-7,12H2,1-2H3,(H2,13,14)(H,15,16). The van der Waals surface area contributed by atoms with Crippen molar-refractivity contribution in [1.29, 1.82) is 5.41 Å². The van der Waals surface area contributed by atoms with Gasteiger partial charge in [-0.2, -0.15) is 0 Å². The molecule has 5 N–H and O–H groups in total. The minimum absolute atomic E-state index is 0.285. The molecule has 0 heterocycles. The Labute approximate surface area is 96.9 Å². The third-order valence-electron chi connectivity index (χ3n) is 2.72. The van der Waals surface area contributed by atoms with E-state index >= 15 is 0 Å². The second kappa shape index (κ2) is 8.10. The first-order chi connectivity index (χ1) is 7.52. The van der Waals surface area contributed by atoms with Crippen LogP contribution in [0.5, 0.6) is 0 Å². The van der Waals surface area contributed by atoms with Crippen LogP contribution in [0.1, 0.15) is 39.5 Å². The van der Waals surface area contributed by atoms with Gasteiger partial charge in [0.2, 0.25) is 0 Å². The van der Waals surface area contributed by atoms with Crippen LogP contribution in [-0.4, -0.2) is 29.5 Å². The molecular formula is C11H23N3O2. The smallest absolute Gasteiger partial charge is 0.320 e. The van der Waals surface area contributed by atoms with Gasteiger partial charge in [0.15, 0.2) is 0 Å². The summed E-state index contributed by atoms with van der Waals surface area (Å²) in [7, 11) is 0. The van der Waals surface area contributed by atoms with Gasteiger partial charge in [0.05, 0.1) is 5.84 Å². The topological polar surface area (TPSA) is 99.2 Å². The van der Waals surface area contributed by atoms with E-state index in [1.165, 1.54) is 0 Å². The largest absolute Gasteiger partial charge is 0.480 e. The third-order valence-corrected chi connectivity index (χ3v) is 2.72. The van der Waals surface area contributed by atoms with Crippen molar-refractivity contribution in [3.63, 3.8) is 0 Å². The molecule has 0 spiro atoms. The van der Waals surface area contributed by atoms with Crippen molar-refractivity contribution in [2.24, 2.45) is 11.7 Å². The molecule has 0 radical (unpaired) electrons. The van der Waals surface area contributed by atoms with E-state index in [-0.39, 0.29) is 5.92 Å². The van der Waals surface area contributed by atoms with Gasteiger partial charge in [-0.3, -0.25) is 10.2 Å². The summed E-state index contributed by atoms with van der Waals surface area (Å²) >= 11 is 0. The maximum atomic E-state index is 10.4. The molecule has 0 aromatic carbocycles. The van der Waals surface area contributed by atoms with Crippen molar-refractivity contribution < 1.29 is 9.90 Å². The highest BCUT2D eigenvalue weighted by Gasteiger charge is 2.12. The summed E-state index contributed by atoms with van der Waals surface area (Å²) in [5.41, 5.74) is 5.36. The molecule has 0 aliphatic heterocycles. The average molecular weight is 229 g/mol. The SMILES string of the molecule is CCC(CC)C(=N)NCCCC(N)C(=O)O. The molecule has 16 heavy (non-hydrogen) atoms. The molecule has 5 nitrogen and oxygen atoms in total. The number of nitrogens with one attached hydrogen (secondary N) is 2. The Morgan fingerprint density at radius 2 is 2.00 bits per heavy atom. The molecule has 94 valence electrons. The Hall–Kier alpha value is -1.10. The zero-order chi connectivity index (χ0) is 12.6. The van der Waals surface area contributed by atoms with Crippen LogP contribution < -0.4 is 11.1 Å². The molecule has 0 saturated heterocycles. The van der Waals surface area contributed by atoms with Crippen LogP contribution in [0.4, 0.5) is 0 Å². The van der Waals surface area contributed by atoms with Crippen LogP contribution in [0.2, 0.25) is 0 Å². The van der Waals surface area contributed by atoms with E-state index < -0.39 is 12.0 Å². The number of nitrogens with two attached hydrogens (primary N) is 1. The lowest BCUT2D eigenvalue weighted by Crippen LogP contribution is -2.33. The molecular weight excluding hydrogens is 206 g/mol. The molecule has 0 aromatic heterocycles. The number of hydrogen-bond acceptors (Lipinski definition) is 3. The summed E-state index contributed by atoms with van der Waals surface area (Å²) in [5, 5.41) is 19.3. The highest BCUT2D eigenvalue weighted by molar-refractivity contribution is 5.81. The van der Waals surface area contributed by atoms with Crippen LogP contribution in [0.25, 0.3) is 0 Å². The predicted octanol–water partition coefficient (Wildman–Crippen LogP) is 1.18. The summed E-state index contributed by atoms with van der Waals surface area (Å²) in [6, 6.07) is -0.788. The van der Waals surface area contributed by atoms with E-state index in [9.17, 15) is 4.79 Å². The zero-order valence-electron chi connectivity index (χ0n) is 10.1. The number of amidine groups is 1. The Kier molecular flexibility index (Phi) is 7.54. The summed E-state index contributed by atoms with van der Waals surface area (Å²) < 4.78 is 0. The molecule has 0 amide bonds. The maximum absolute atomic E-state index is 10.4. The van der Waals surface area contributed by atoms with Gasteiger partial charge in [0.1, 0.15) is 6.04 Å². The Morgan fingerprint density at radius 1 is 1.44 bits per heavy atom. The lowest BCUT2D eigenvalue weighted by molar-refractivity contribution is -0.138. The maximum Gasteiger partial charge on any atom is 0.320 e. The minimum Gasteiger partial charge on any atom is -0.480 e. The highest BCUT2D eigenvalue weighted by Crippen LogP contribution is 2.07. The fraction of sp³-hybridized carbons (Fsp3) is 0.818. The minimum atomic E-state index is -0.963. The predicted molar refractivity (Wildman–Crippen MR) is 64.6 cm³/mol. The van der Waals surface area contributed by atoms with E-state index in [1.54, 1.807) is 0 Å². The summed E-state index contributed by atoms with van der Waals surface area (Å²) in [6.45, 7) is 4.74. The van der Waals surface area contributed by atoms with E-state index in [4.69, 9.17) is 16.2 Å². The molecule has 0 bridgehead atoms. The summed E-state index contributed by atoms with van der Waals surface area (Å²) in [6.07, 6.45) is 3.03. The van der Waals surface area contributed by atoms with Crippen molar-refractivity contribution in [2.45, 2.75) is 45.6 Å². The normalized spacial score (nSPS) is 12.5. The van der Waals surface area contributed by atoms with Gasteiger partial charge in [0.25, 0.3) is 0 Å². The molecule has 5 heteroatoms. The van der Waals surface area contributed by atoms with Crippen molar-refractivity contribution >= 4 is 11.8 Å². The molecule has 0 aliphatic rings. The van der Waals surface area contributed by atoms with E-state index in [1.807, 2.05) is 0 Å². The van der Waals surface area contributed by atoms with Crippen LogP contribution in [0.3, 0.4) is 0 Å². The van der Waals surface area contributed by atoms with Crippen LogP contribution in [0, 0.1) is 11.3 Å². The van der Waals surface area contributed by atoms with Gasteiger partial charge in [-0.25, -0.2) is 0 Å². The third kappa shape index (κ3) is 5.70.